The molecule has 0 bridgehead atoms. The maximum absolute atomic E-state index is 10.6. The van der Waals surface area contributed by atoms with Gasteiger partial charge in [0.05, 0.1) is 8.07 Å². The van der Waals surface area contributed by atoms with Crippen LogP contribution in [0.4, 0.5) is 0 Å². The topological polar surface area (TPSA) is 40.1 Å². The maximum atomic E-state index is 10.6. The van der Waals surface area contributed by atoms with Gasteiger partial charge in [-0.1, -0.05) is 37.0 Å². The summed E-state index contributed by atoms with van der Waals surface area (Å²) < 4.78 is 21.1. The Bertz CT molecular complexity index is 313. The summed E-state index contributed by atoms with van der Waals surface area (Å²) in [6.07, 6.45) is 0. The molecule has 0 saturated heterocycles. The molecule has 1 rings (SSSR count). The highest BCUT2D eigenvalue weighted by atomic mass is 32.2. The van der Waals surface area contributed by atoms with E-state index in [1.807, 2.05) is 12.1 Å². The Labute approximate surface area is 82.3 Å². The predicted molar refractivity (Wildman–Crippen MR) is 56.6 cm³/mol. The Morgan fingerprint density at radius 1 is 1.15 bits per heavy atom. The predicted octanol–water partition coefficient (Wildman–Crippen LogP) is 1.47. The van der Waals surface area contributed by atoms with Gasteiger partial charge in [-0.3, -0.25) is 4.21 Å². The standard InChI is InChI=1S/C9H14O2SSi/c1-13(2,3)9-6-4-8(5-7-9)12(10)11/h4-7H,1-3H3,(H,10,11)/p-1. The molecule has 0 radical (unpaired) electrons. The molecule has 0 spiro atoms. The summed E-state index contributed by atoms with van der Waals surface area (Å²) in [5, 5.41) is 1.28. The second kappa shape index (κ2) is 3.73. The third-order valence-corrected chi connectivity index (χ3v) is 4.64. The van der Waals surface area contributed by atoms with E-state index in [1.165, 1.54) is 5.19 Å². The summed E-state index contributed by atoms with van der Waals surface area (Å²) in [7, 11) is -1.29. The van der Waals surface area contributed by atoms with Gasteiger partial charge in [0.1, 0.15) is 0 Å². The van der Waals surface area contributed by atoms with Gasteiger partial charge in [-0.15, -0.1) is 0 Å². The molecule has 4 heteroatoms. The van der Waals surface area contributed by atoms with Crippen molar-refractivity contribution in [3.8, 4) is 0 Å². The molecule has 0 aromatic heterocycles. The smallest absolute Gasteiger partial charge is 0.0775 e. The third-order valence-electron chi connectivity index (χ3n) is 1.91. The fourth-order valence-corrected chi connectivity index (χ4v) is 2.59. The fourth-order valence-electron chi connectivity index (χ4n) is 1.07. The largest absolute Gasteiger partial charge is 0.768 e. The Morgan fingerprint density at radius 2 is 1.62 bits per heavy atom. The lowest BCUT2D eigenvalue weighted by molar-refractivity contribution is 0.537. The fraction of sp³-hybridized carbons (Fsp3) is 0.333. The van der Waals surface area contributed by atoms with Crippen LogP contribution in [0.25, 0.3) is 0 Å². The van der Waals surface area contributed by atoms with Gasteiger partial charge < -0.3 is 4.55 Å². The quantitative estimate of drug-likeness (QED) is 0.551. The molecule has 2 nitrogen and oxygen atoms in total. The summed E-state index contributed by atoms with van der Waals surface area (Å²) in [4.78, 5) is 0.363. The molecule has 0 fully saturated rings. The lowest BCUT2D eigenvalue weighted by Crippen LogP contribution is -2.37. The Hall–Kier alpha value is -0.453. The number of hydrogen-bond acceptors (Lipinski definition) is 2. The highest BCUT2D eigenvalue weighted by Gasteiger charge is 2.15. The normalized spacial score (nSPS) is 14.2. The van der Waals surface area contributed by atoms with Gasteiger partial charge in [-0.2, -0.15) is 0 Å². The Kier molecular flexibility index (Phi) is 3.05. The molecular formula is C9H13O2SSi-. The molecule has 0 N–H and O–H groups in total. The van der Waals surface area contributed by atoms with Crippen LogP contribution in [-0.2, 0) is 11.1 Å². The van der Waals surface area contributed by atoms with Crippen LogP contribution in [-0.4, -0.2) is 16.8 Å². The Balaban J connectivity index is 3.01. The molecule has 72 valence electrons. The molecule has 0 aliphatic heterocycles. The molecular weight excluding hydrogens is 200 g/mol. The van der Waals surface area contributed by atoms with Crippen LogP contribution in [0.2, 0.25) is 19.6 Å². The summed E-state index contributed by atoms with van der Waals surface area (Å²) in [6.45, 7) is 6.70. The van der Waals surface area contributed by atoms with Gasteiger partial charge in [-0.25, -0.2) is 0 Å². The van der Waals surface area contributed by atoms with Crippen LogP contribution < -0.4 is 5.19 Å². The first-order valence-corrected chi connectivity index (χ1v) is 8.68. The monoisotopic (exact) mass is 213 g/mol. The van der Waals surface area contributed by atoms with Gasteiger partial charge in [0.25, 0.3) is 0 Å². The van der Waals surface area contributed by atoms with Crippen LogP contribution in [0.15, 0.2) is 29.2 Å². The molecule has 0 aliphatic rings. The summed E-state index contributed by atoms with van der Waals surface area (Å²) >= 11 is -2.10. The highest BCUT2D eigenvalue weighted by molar-refractivity contribution is 7.79. The van der Waals surface area contributed by atoms with Gasteiger partial charge in [0.15, 0.2) is 0 Å². The molecule has 0 heterocycles. The van der Waals surface area contributed by atoms with Crippen LogP contribution in [0.3, 0.4) is 0 Å². The Morgan fingerprint density at radius 3 is 1.92 bits per heavy atom. The second-order valence-electron chi connectivity index (χ2n) is 4.01. The van der Waals surface area contributed by atoms with E-state index < -0.39 is 19.2 Å². The minimum absolute atomic E-state index is 0.363. The van der Waals surface area contributed by atoms with Gasteiger partial charge in [0, 0.05) is 4.90 Å². The van der Waals surface area contributed by atoms with Crippen molar-refractivity contribution in [2.24, 2.45) is 0 Å². The maximum Gasteiger partial charge on any atom is 0.0775 e. The van der Waals surface area contributed by atoms with Crippen molar-refractivity contribution in [2.45, 2.75) is 24.5 Å². The van der Waals surface area contributed by atoms with Crippen molar-refractivity contribution in [3.63, 3.8) is 0 Å². The zero-order chi connectivity index (χ0) is 10.1. The van der Waals surface area contributed by atoms with Gasteiger partial charge in [-0.05, 0) is 23.2 Å². The van der Waals surface area contributed by atoms with E-state index in [0.717, 1.165) is 0 Å². The second-order valence-corrected chi connectivity index (χ2v) is 10.0. The molecule has 1 aromatic rings. The summed E-state index contributed by atoms with van der Waals surface area (Å²) in [5.74, 6) is 0. The average Bonchev–Trinajstić information content (AvgIpc) is 2.03. The van der Waals surface area contributed by atoms with E-state index in [4.69, 9.17) is 0 Å². The van der Waals surface area contributed by atoms with Crippen molar-refractivity contribution in [1.82, 2.24) is 0 Å². The third kappa shape index (κ3) is 2.75. The van der Waals surface area contributed by atoms with Crippen molar-refractivity contribution in [3.05, 3.63) is 24.3 Å². The van der Waals surface area contributed by atoms with E-state index in [0.29, 0.717) is 4.90 Å². The van der Waals surface area contributed by atoms with E-state index in [2.05, 4.69) is 19.6 Å². The molecule has 1 aromatic carbocycles. The molecule has 0 saturated carbocycles. The lowest BCUT2D eigenvalue weighted by Gasteiger charge is -2.17. The van der Waals surface area contributed by atoms with Crippen LogP contribution in [0.5, 0.6) is 0 Å². The first-order chi connectivity index (χ1) is 5.91. The molecule has 13 heavy (non-hydrogen) atoms. The zero-order valence-corrected chi connectivity index (χ0v) is 9.85. The molecule has 1 atom stereocenters. The summed E-state index contributed by atoms with van der Waals surface area (Å²) in [5.41, 5.74) is 0. The number of hydrogen-bond donors (Lipinski definition) is 0. The van der Waals surface area contributed by atoms with Crippen molar-refractivity contribution >= 4 is 24.3 Å². The van der Waals surface area contributed by atoms with Crippen molar-refractivity contribution < 1.29 is 8.76 Å². The number of benzene rings is 1. The van der Waals surface area contributed by atoms with Gasteiger partial charge in [0.2, 0.25) is 0 Å². The van der Waals surface area contributed by atoms with E-state index in [1.54, 1.807) is 12.1 Å². The van der Waals surface area contributed by atoms with E-state index in [-0.39, 0.29) is 0 Å². The lowest BCUT2D eigenvalue weighted by atomic mass is 10.4. The zero-order valence-electron chi connectivity index (χ0n) is 8.03. The van der Waals surface area contributed by atoms with Crippen LogP contribution in [0.1, 0.15) is 0 Å². The SMILES string of the molecule is C[Si](C)(C)c1ccc(S(=O)[O-])cc1. The summed E-state index contributed by atoms with van der Waals surface area (Å²) in [6, 6.07) is 7.15. The van der Waals surface area contributed by atoms with Gasteiger partial charge >= 0.3 is 0 Å². The molecule has 0 aliphatic carbocycles. The average molecular weight is 213 g/mol. The minimum Gasteiger partial charge on any atom is -0.768 e. The first-order valence-electron chi connectivity index (χ1n) is 4.11. The van der Waals surface area contributed by atoms with Crippen molar-refractivity contribution in [2.75, 3.05) is 0 Å². The molecule has 0 amide bonds. The first kappa shape index (κ1) is 10.6. The van der Waals surface area contributed by atoms with Crippen LogP contribution >= 0.6 is 0 Å². The number of rotatable bonds is 2. The van der Waals surface area contributed by atoms with Crippen LogP contribution in [0, 0.1) is 0 Å². The van der Waals surface area contributed by atoms with E-state index >= 15 is 0 Å². The highest BCUT2D eigenvalue weighted by Crippen LogP contribution is 2.06. The molecule has 1 unspecified atom stereocenters. The minimum atomic E-state index is -2.10. The van der Waals surface area contributed by atoms with Crippen molar-refractivity contribution in [1.29, 1.82) is 0 Å². The van der Waals surface area contributed by atoms with E-state index in [9.17, 15) is 8.76 Å².